The Morgan fingerprint density at radius 1 is 1.06 bits per heavy atom. The van der Waals surface area contributed by atoms with Crippen LogP contribution in [0, 0.1) is 5.82 Å². The predicted molar refractivity (Wildman–Crippen MR) is 142 cm³/mol. The van der Waals surface area contributed by atoms with E-state index in [4.69, 9.17) is 9.47 Å². The van der Waals surface area contributed by atoms with Crippen molar-refractivity contribution in [2.24, 2.45) is 0 Å². The molecule has 0 unspecified atom stereocenters. The first kappa shape index (κ1) is 24.1. The number of ether oxygens (including phenoxy) is 2. The molecule has 2 aromatic heterocycles. The van der Waals surface area contributed by atoms with Gasteiger partial charge in [0.15, 0.2) is 11.5 Å². The fourth-order valence-corrected chi connectivity index (χ4v) is 5.25. The van der Waals surface area contributed by atoms with Crippen LogP contribution in [-0.2, 0) is 13.0 Å². The first-order valence-corrected chi connectivity index (χ1v) is 12.8. The van der Waals surface area contributed by atoms with Gasteiger partial charge in [0.05, 0.1) is 12.8 Å². The molecule has 5 nitrogen and oxygen atoms in total. The maximum Gasteiger partial charge on any atom is 0.270 e. The van der Waals surface area contributed by atoms with Crippen molar-refractivity contribution in [3.8, 4) is 38.9 Å². The lowest BCUT2D eigenvalue weighted by Crippen LogP contribution is -2.43. The number of aromatic nitrogens is 1. The third-order valence-electron chi connectivity index (χ3n) is 6.69. The zero-order chi connectivity index (χ0) is 25.6. The van der Waals surface area contributed by atoms with Crippen LogP contribution >= 0.6 is 11.3 Å². The van der Waals surface area contributed by atoms with E-state index in [0.29, 0.717) is 29.5 Å². The van der Waals surface area contributed by atoms with E-state index >= 15 is 0 Å². The maximum atomic E-state index is 13.8. The Balaban J connectivity index is 1.69. The van der Waals surface area contributed by atoms with Gasteiger partial charge in [-0.2, -0.15) is 0 Å². The van der Waals surface area contributed by atoms with E-state index in [1.807, 2.05) is 57.5 Å². The molecule has 1 aliphatic heterocycles. The number of fused-ring (bicyclic) bond motifs is 3. The van der Waals surface area contributed by atoms with E-state index in [-0.39, 0.29) is 17.3 Å². The van der Waals surface area contributed by atoms with Crippen molar-refractivity contribution in [1.82, 2.24) is 9.47 Å². The van der Waals surface area contributed by atoms with Crippen LogP contribution in [0.1, 0.15) is 36.8 Å². The molecule has 1 aliphatic rings. The third kappa shape index (κ3) is 4.28. The molecule has 0 saturated heterocycles. The number of thiophene rings is 1. The summed E-state index contributed by atoms with van der Waals surface area (Å²) in [6.45, 7) is 6.77. The van der Waals surface area contributed by atoms with E-state index in [9.17, 15) is 9.18 Å². The number of nitrogens with zero attached hydrogens (tertiary/aromatic N) is 2. The third-order valence-corrected chi connectivity index (χ3v) is 7.59. The minimum Gasteiger partial charge on any atom is -0.493 e. The Morgan fingerprint density at radius 3 is 2.53 bits per heavy atom. The van der Waals surface area contributed by atoms with Gasteiger partial charge in [0, 0.05) is 41.2 Å². The van der Waals surface area contributed by atoms with Crippen LogP contribution in [0.15, 0.2) is 60.0 Å². The number of halogens is 1. The maximum absolute atomic E-state index is 13.8. The number of hydrogen-bond acceptors (Lipinski definition) is 4. The van der Waals surface area contributed by atoms with Crippen molar-refractivity contribution in [2.75, 3.05) is 14.2 Å². The van der Waals surface area contributed by atoms with Crippen LogP contribution in [0.4, 0.5) is 4.39 Å². The smallest absolute Gasteiger partial charge is 0.270 e. The Hall–Kier alpha value is -3.58. The lowest BCUT2D eigenvalue weighted by atomic mass is 9.95. The van der Waals surface area contributed by atoms with Gasteiger partial charge in [-0.25, -0.2) is 4.39 Å². The molecule has 0 N–H and O–H groups in total. The highest BCUT2D eigenvalue weighted by Crippen LogP contribution is 2.46. The zero-order valence-corrected chi connectivity index (χ0v) is 21.9. The van der Waals surface area contributed by atoms with E-state index in [1.165, 1.54) is 12.1 Å². The normalized spacial score (nSPS) is 12.6. The summed E-state index contributed by atoms with van der Waals surface area (Å²) in [5.74, 6) is 1.08. The predicted octanol–water partition coefficient (Wildman–Crippen LogP) is 7.25. The highest BCUT2D eigenvalue weighted by atomic mass is 32.1. The molecule has 0 aliphatic carbocycles. The Bertz CT molecular complexity index is 1430. The molecule has 0 fully saturated rings. The number of aryl methyl sites for hydroxylation is 1. The quantitative estimate of drug-likeness (QED) is 0.288. The topological polar surface area (TPSA) is 43.7 Å². The summed E-state index contributed by atoms with van der Waals surface area (Å²) in [4.78, 5) is 16.5. The van der Waals surface area contributed by atoms with Gasteiger partial charge in [-0.05, 0) is 74.5 Å². The molecule has 2 aromatic carbocycles. The molecule has 186 valence electrons. The van der Waals surface area contributed by atoms with Crippen molar-refractivity contribution >= 4 is 17.2 Å². The average molecular weight is 505 g/mol. The van der Waals surface area contributed by atoms with Crippen molar-refractivity contribution in [1.29, 1.82) is 0 Å². The van der Waals surface area contributed by atoms with Gasteiger partial charge < -0.3 is 18.9 Å². The summed E-state index contributed by atoms with van der Waals surface area (Å²) in [5.41, 5.74) is 4.45. The van der Waals surface area contributed by atoms with Gasteiger partial charge >= 0.3 is 0 Å². The van der Waals surface area contributed by atoms with Gasteiger partial charge in [0.2, 0.25) is 0 Å². The number of rotatable bonds is 5. The van der Waals surface area contributed by atoms with E-state index in [2.05, 4.69) is 10.6 Å². The summed E-state index contributed by atoms with van der Waals surface area (Å²) < 4.78 is 27.7. The summed E-state index contributed by atoms with van der Waals surface area (Å²) >= 11 is 1.64. The van der Waals surface area contributed by atoms with Crippen LogP contribution in [0.5, 0.6) is 17.2 Å². The van der Waals surface area contributed by atoms with Gasteiger partial charge in [0.1, 0.15) is 17.3 Å². The van der Waals surface area contributed by atoms with Crippen molar-refractivity contribution in [2.45, 2.75) is 39.3 Å². The van der Waals surface area contributed by atoms with Crippen LogP contribution in [0.3, 0.4) is 0 Å². The van der Waals surface area contributed by atoms with Crippen molar-refractivity contribution < 1.29 is 18.7 Å². The SMILES string of the molecule is COc1cc2c(cc1Oc1cccc(F)c1)-c1c(-c3cccs3)cc(C(=O)N(C)C(C)(C)C)n1CC2. The fourth-order valence-electron chi connectivity index (χ4n) is 4.50. The molecule has 3 heterocycles. The Morgan fingerprint density at radius 2 is 1.86 bits per heavy atom. The summed E-state index contributed by atoms with van der Waals surface area (Å²) in [7, 11) is 3.45. The summed E-state index contributed by atoms with van der Waals surface area (Å²) in [6, 6.07) is 16.1. The van der Waals surface area contributed by atoms with Crippen LogP contribution < -0.4 is 9.47 Å². The molecular weight excluding hydrogens is 475 g/mol. The summed E-state index contributed by atoms with van der Waals surface area (Å²) in [5, 5.41) is 2.04. The van der Waals surface area contributed by atoms with Crippen molar-refractivity contribution in [3.05, 3.63) is 77.1 Å². The largest absolute Gasteiger partial charge is 0.493 e. The fraction of sp³-hybridized carbons (Fsp3) is 0.276. The molecule has 0 saturated carbocycles. The monoisotopic (exact) mass is 504 g/mol. The van der Waals surface area contributed by atoms with Gasteiger partial charge in [-0.3, -0.25) is 4.79 Å². The lowest BCUT2D eigenvalue weighted by Gasteiger charge is -2.32. The molecule has 0 spiro atoms. The van der Waals surface area contributed by atoms with Gasteiger partial charge in [-0.15, -0.1) is 11.3 Å². The molecule has 1 amide bonds. The van der Waals surface area contributed by atoms with E-state index < -0.39 is 0 Å². The van der Waals surface area contributed by atoms with Crippen LogP contribution in [0.2, 0.25) is 0 Å². The second-order valence-corrected chi connectivity index (χ2v) is 10.9. The van der Waals surface area contributed by atoms with E-state index in [1.54, 1.807) is 35.5 Å². The standard InChI is InChI=1S/C29H29FN2O3S/c1-29(2,3)31(4)28(33)23-16-22(26-10-7-13-36-26)27-21-17-25(35-20-9-6-8-19(30)15-20)24(34-5)14-18(21)11-12-32(23)27/h6-10,13-17H,11-12H2,1-5H3. The van der Waals surface area contributed by atoms with Crippen LogP contribution in [-0.4, -0.2) is 35.1 Å². The second kappa shape index (κ2) is 9.13. The first-order valence-electron chi connectivity index (χ1n) is 11.9. The second-order valence-electron chi connectivity index (χ2n) is 9.93. The minimum atomic E-state index is -0.371. The number of hydrogen-bond donors (Lipinski definition) is 0. The highest BCUT2D eigenvalue weighted by molar-refractivity contribution is 7.13. The number of methoxy groups -OCH3 is 1. The Labute approximate surface area is 214 Å². The molecule has 7 heteroatoms. The average Bonchev–Trinajstić information content (AvgIpc) is 3.50. The Kier molecular flexibility index (Phi) is 6.12. The number of amides is 1. The number of carbonyl (C=O) groups is 1. The number of carbonyl (C=O) groups excluding carboxylic acids is 1. The zero-order valence-electron chi connectivity index (χ0n) is 21.1. The van der Waals surface area contributed by atoms with E-state index in [0.717, 1.165) is 33.7 Å². The molecule has 0 atom stereocenters. The molecule has 0 bridgehead atoms. The molecule has 0 radical (unpaired) electrons. The summed E-state index contributed by atoms with van der Waals surface area (Å²) in [6.07, 6.45) is 0.747. The van der Waals surface area contributed by atoms with Crippen LogP contribution in [0.25, 0.3) is 21.7 Å². The van der Waals surface area contributed by atoms with Gasteiger partial charge in [0.25, 0.3) is 5.91 Å². The van der Waals surface area contributed by atoms with Gasteiger partial charge in [-0.1, -0.05) is 12.1 Å². The lowest BCUT2D eigenvalue weighted by molar-refractivity contribution is 0.0644. The molecule has 5 rings (SSSR count). The minimum absolute atomic E-state index is 0.0141. The van der Waals surface area contributed by atoms with Crippen molar-refractivity contribution in [3.63, 3.8) is 0 Å². The molecule has 36 heavy (non-hydrogen) atoms. The first-order chi connectivity index (χ1) is 17.2. The number of benzene rings is 2. The highest BCUT2D eigenvalue weighted by Gasteiger charge is 2.32. The molecular formula is C29H29FN2O3S. The molecule has 4 aromatic rings.